The molecule has 2 aromatic heterocycles. The molecule has 1 unspecified atom stereocenters. The number of carbonyl (C=O) groups is 1. The van der Waals surface area contributed by atoms with E-state index in [1.807, 2.05) is 0 Å². The molecule has 2 atom stereocenters. The molecule has 11 heteroatoms. The molecule has 0 radical (unpaired) electrons. The van der Waals surface area contributed by atoms with Crippen LogP contribution in [0, 0.1) is 0 Å². The van der Waals surface area contributed by atoms with Crippen LogP contribution in [0.2, 0.25) is 0 Å². The maximum atomic E-state index is 13.4. The Morgan fingerprint density at radius 1 is 1.27 bits per heavy atom. The number of likely N-dealkylation sites (tertiary alicyclic amines) is 1. The van der Waals surface area contributed by atoms with Crippen molar-refractivity contribution in [3.05, 3.63) is 18.1 Å². The van der Waals surface area contributed by atoms with Crippen LogP contribution in [0.1, 0.15) is 45.5 Å². The Hall–Kier alpha value is -2.56. The molecule has 0 saturated carbocycles. The van der Waals surface area contributed by atoms with Crippen LogP contribution in [0.25, 0.3) is 11.4 Å². The average Bonchev–Trinajstić information content (AvgIpc) is 3.25. The van der Waals surface area contributed by atoms with Gasteiger partial charge in [-0.15, -0.1) is 5.10 Å². The van der Waals surface area contributed by atoms with Crippen LogP contribution < -0.4 is 4.74 Å². The van der Waals surface area contributed by atoms with E-state index in [2.05, 4.69) is 10.1 Å². The topological polar surface area (TPSA) is 85.4 Å². The van der Waals surface area contributed by atoms with Crippen LogP contribution >= 0.6 is 0 Å². The lowest BCUT2D eigenvalue weighted by atomic mass is 10.0. The number of carbonyl (C=O) groups excluding carboxylic acids is 1. The molecule has 0 aliphatic carbocycles. The van der Waals surface area contributed by atoms with Gasteiger partial charge >= 0.3 is 6.18 Å². The highest BCUT2D eigenvalue weighted by Gasteiger charge is 2.55. The minimum Gasteiger partial charge on any atom is -0.473 e. The third-order valence-corrected chi connectivity index (χ3v) is 5.86. The van der Waals surface area contributed by atoms with Gasteiger partial charge in [0.1, 0.15) is 6.10 Å². The third kappa shape index (κ3) is 3.34. The molecule has 0 bridgehead atoms. The van der Waals surface area contributed by atoms with Gasteiger partial charge in [0.2, 0.25) is 17.4 Å². The quantitative estimate of drug-likeness (QED) is 0.814. The molecule has 1 N–H and O–H groups in total. The Bertz CT molecular complexity index is 957. The van der Waals surface area contributed by atoms with Crippen molar-refractivity contribution >= 4 is 5.91 Å². The lowest BCUT2D eigenvalue weighted by Crippen LogP contribution is -2.42. The van der Waals surface area contributed by atoms with Crippen molar-refractivity contribution in [2.75, 3.05) is 13.1 Å². The zero-order chi connectivity index (χ0) is 21.8. The number of hydrogen-bond acceptors (Lipinski definition) is 5. The molecule has 0 aromatic carbocycles. The Morgan fingerprint density at radius 2 is 1.93 bits per heavy atom. The van der Waals surface area contributed by atoms with Crippen LogP contribution in [0.15, 0.2) is 12.3 Å². The maximum absolute atomic E-state index is 13.4. The maximum Gasteiger partial charge on any atom is 0.424 e. The van der Waals surface area contributed by atoms with Crippen molar-refractivity contribution < 1.29 is 27.8 Å². The number of rotatable bonds is 3. The number of ether oxygens (including phenoxy) is 1. The molecular weight excluding hydrogens is 403 g/mol. The number of alkyl halides is 3. The van der Waals surface area contributed by atoms with Crippen molar-refractivity contribution in [2.24, 2.45) is 0 Å². The van der Waals surface area contributed by atoms with Gasteiger partial charge in [-0.2, -0.15) is 13.2 Å². The summed E-state index contributed by atoms with van der Waals surface area (Å²) in [5, 5.41) is 14.6. The molecule has 2 aromatic rings. The summed E-state index contributed by atoms with van der Waals surface area (Å²) >= 11 is 0. The molecule has 1 fully saturated rings. The summed E-state index contributed by atoms with van der Waals surface area (Å²) < 4.78 is 49.2. The van der Waals surface area contributed by atoms with E-state index in [9.17, 15) is 23.1 Å². The van der Waals surface area contributed by atoms with Crippen LogP contribution in [0.3, 0.4) is 0 Å². The van der Waals surface area contributed by atoms with Crippen LogP contribution in [0.5, 0.6) is 5.88 Å². The second-order valence-electron chi connectivity index (χ2n) is 8.13. The monoisotopic (exact) mass is 427 g/mol. The fourth-order valence-corrected chi connectivity index (χ4v) is 4.07. The summed E-state index contributed by atoms with van der Waals surface area (Å²) in [6.45, 7) is 5.57. The second-order valence-corrected chi connectivity index (χ2v) is 8.13. The minimum atomic E-state index is -4.85. The number of fused-ring (bicyclic) bond motifs is 3. The van der Waals surface area contributed by atoms with Crippen LogP contribution in [-0.2, 0) is 16.9 Å². The van der Waals surface area contributed by atoms with Crippen molar-refractivity contribution in [2.45, 2.75) is 64.1 Å². The fourth-order valence-electron chi connectivity index (χ4n) is 4.07. The Balaban J connectivity index is 1.59. The minimum absolute atomic E-state index is 0.0405. The predicted octanol–water partition coefficient (Wildman–Crippen LogP) is 2.48. The van der Waals surface area contributed by atoms with E-state index in [-0.39, 0.29) is 18.1 Å². The van der Waals surface area contributed by atoms with E-state index < -0.39 is 17.6 Å². The van der Waals surface area contributed by atoms with Gasteiger partial charge in [-0.25, -0.2) is 4.98 Å². The molecular formula is C19H24F3N5O3. The van der Waals surface area contributed by atoms with Gasteiger partial charge in [0.05, 0.1) is 30.2 Å². The van der Waals surface area contributed by atoms with Gasteiger partial charge in [0.15, 0.2) is 5.82 Å². The number of aromatic nitrogens is 4. The first kappa shape index (κ1) is 20.7. The molecule has 8 nitrogen and oxygen atoms in total. The summed E-state index contributed by atoms with van der Waals surface area (Å²) in [5.74, 6) is -0.0139. The Labute approximate surface area is 171 Å². The fraction of sp³-hybridized carbons (Fsp3) is 0.632. The van der Waals surface area contributed by atoms with Crippen molar-refractivity contribution in [1.29, 1.82) is 0 Å². The van der Waals surface area contributed by atoms with Crippen molar-refractivity contribution in [3.63, 3.8) is 0 Å². The van der Waals surface area contributed by atoms with E-state index in [0.29, 0.717) is 56.7 Å². The number of imidazole rings is 1. The Morgan fingerprint density at radius 3 is 2.53 bits per heavy atom. The predicted molar refractivity (Wildman–Crippen MR) is 99.7 cm³/mol. The summed E-state index contributed by atoms with van der Waals surface area (Å²) in [6.07, 6.45) is -2.23. The van der Waals surface area contributed by atoms with Gasteiger partial charge in [-0.3, -0.25) is 9.48 Å². The number of hydrogen-bond donors (Lipinski definition) is 1. The molecule has 1 amide bonds. The lowest BCUT2D eigenvalue weighted by molar-refractivity contribution is -0.262. The zero-order valence-corrected chi connectivity index (χ0v) is 17.0. The van der Waals surface area contributed by atoms with E-state index in [4.69, 9.17) is 4.74 Å². The normalized spacial score (nSPS) is 21.7. The lowest BCUT2D eigenvalue weighted by Gasteiger charge is -2.31. The number of halogens is 3. The standard InChI is InChI=1S/C19H24F3N5O3/c1-11-10-26-14(15-9-23-17(27(11)15)18(3,29)19(20,21)22)8-16(24-26)30-13-4-6-25(7-5-13)12(2)28/h8-9,11,13,29H,4-7,10H2,1-3H3/t11-,18?/m0/s1. The summed E-state index contributed by atoms with van der Waals surface area (Å²) in [7, 11) is 0. The van der Waals surface area contributed by atoms with Gasteiger partial charge in [-0.05, 0) is 13.8 Å². The third-order valence-electron chi connectivity index (χ3n) is 5.86. The smallest absolute Gasteiger partial charge is 0.424 e. The first-order valence-electron chi connectivity index (χ1n) is 9.86. The van der Waals surface area contributed by atoms with Crippen molar-refractivity contribution in [1.82, 2.24) is 24.2 Å². The number of amides is 1. The first-order valence-corrected chi connectivity index (χ1v) is 9.86. The highest BCUT2D eigenvalue weighted by molar-refractivity contribution is 5.73. The van der Waals surface area contributed by atoms with Crippen LogP contribution in [-0.4, -0.2) is 60.6 Å². The highest BCUT2D eigenvalue weighted by Crippen LogP contribution is 2.42. The first-order chi connectivity index (χ1) is 14.0. The van der Waals surface area contributed by atoms with E-state index in [0.717, 1.165) is 0 Å². The SMILES string of the molecule is CC(=O)N1CCC(Oc2cc3n(n2)C[C@H](C)n2c-3cnc2C(C)(O)C(F)(F)F)CC1. The molecule has 164 valence electrons. The number of aliphatic hydroxyl groups is 1. The number of piperidine rings is 1. The average molecular weight is 427 g/mol. The van der Waals surface area contributed by atoms with Gasteiger partial charge in [-0.1, -0.05) is 0 Å². The molecule has 1 saturated heterocycles. The molecule has 30 heavy (non-hydrogen) atoms. The van der Waals surface area contributed by atoms with E-state index in [1.165, 1.54) is 10.8 Å². The molecule has 2 aliphatic heterocycles. The zero-order valence-electron chi connectivity index (χ0n) is 17.0. The second kappa shape index (κ2) is 7.00. The molecule has 2 aliphatic rings. The molecule has 4 rings (SSSR count). The molecule has 4 heterocycles. The van der Waals surface area contributed by atoms with Gasteiger partial charge in [0, 0.05) is 38.9 Å². The largest absolute Gasteiger partial charge is 0.473 e. The van der Waals surface area contributed by atoms with E-state index >= 15 is 0 Å². The molecule has 0 spiro atoms. The van der Waals surface area contributed by atoms with Crippen LogP contribution in [0.4, 0.5) is 13.2 Å². The summed E-state index contributed by atoms with van der Waals surface area (Å²) in [5.41, 5.74) is -2.03. The van der Waals surface area contributed by atoms with Crippen molar-refractivity contribution in [3.8, 4) is 17.3 Å². The summed E-state index contributed by atoms with van der Waals surface area (Å²) in [6, 6.07) is 1.30. The van der Waals surface area contributed by atoms with Gasteiger partial charge in [0.25, 0.3) is 0 Å². The Kier molecular flexibility index (Phi) is 4.83. The summed E-state index contributed by atoms with van der Waals surface area (Å²) in [4.78, 5) is 17.1. The highest BCUT2D eigenvalue weighted by atomic mass is 19.4. The van der Waals surface area contributed by atoms with E-state index in [1.54, 1.807) is 29.5 Å². The van der Waals surface area contributed by atoms with Gasteiger partial charge < -0.3 is 19.3 Å². The number of nitrogens with zero attached hydrogens (tertiary/aromatic N) is 5.